The third-order valence-electron chi connectivity index (χ3n) is 3.68. The van der Waals surface area contributed by atoms with Crippen molar-refractivity contribution in [2.45, 2.75) is 33.2 Å². The second-order valence-electron chi connectivity index (χ2n) is 5.24. The van der Waals surface area contributed by atoms with Crippen LogP contribution in [0.2, 0.25) is 0 Å². The van der Waals surface area contributed by atoms with E-state index >= 15 is 0 Å². The number of aliphatic hydroxyl groups excluding tert-OH is 1. The maximum absolute atomic E-state index is 12.4. The van der Waals surface area contributed by atoms with E-state index in [0.29, 0.717) is 5.69 Å². The van der Waals surface area contributed by atoms with Gasteiger partial charge in [0, 0.05) is 20.1 Å². The molecule has 1 rings (SSSR count). The number of rotatable bonds is 7. The molecule has 0 heterocycles. The van der Waals surface area contributed by atoms with Gasteiger partial charge in [-0.25, -0.2) is 4.79 Å². The zero-order valence-corrected chi connectivity index (χ0v) is 13.4. The van der Waals surface area contributed by atoms with Gasteiger partial charge in [-0.2, -0.15) is 0 Å². The minimum atomic E-state index is -1.15. The van der Waals surface area contributed by atoms with Gasteiger partial charge in [0.1, 0.15) is 12.6 Å². The molecule has 0 aliphatic carbocycles. The standard InChI is InChI=1S/C16H23NO5/c1-10-5-6-11(2)15(12(10)3)17(14(19)9-22-4)13(7-8-18)16(20)21/h5-6,13,18H,7-9H2,1-4H3,(H,20,21)/t13-/m0/s1. The van der Waals surface area contributed by atoms with Gasteiger partial charge in [-0.3, -0.25) is 9.69 Å². The smallest absolute Gasteiger partial charge is 0.326 e. The zero-order valence-electron chi connectivity index (χ0n) is 13.4. The number of amides is 1. The van der Waals surface area contributed by atoms with Gasteiger partial charge in [-0.15, -0.1) is 0 Å². The molecule has 0 aliphatic rings. The lowest BCUT2D eigenvalue weighted by atomic mass is 10.00. The molecule has 6 nitrogen and oxygen atoms in total. The van der Waals surface area contributed by atoms with Crippen LogP contribution in [0.25, 0.3) is 0 Å². The maximum Gasteiger partial charge on any atom is 0.326 e. The normalized spacial score (nSPS) is 12.0. The van der Waals surface area contributed by atoms with E-state index in [-0.39, 0.29) is 19.6 Å². The number of carbonyl (C=O) groups excluding carboxylic acids is 1. The quantitative estimate of drug-likeness (QED) is 0.795. The highest BCUT2D eigenvalue weighted by Crippen LogP contribution is 2.30. The molecule has 0 bridgehead atoms. The van der Waals surface area contributed by atoms with E-state index in [1.54, 1.807) is 0 Å². The van der Waals surface area contributed by atoms with E-state index in [9.17, 15) is 14.7 Å². The summed E-state index contributed by atoms with van der Waals surface area (Å²) in [5.74, 6) is -1.60. The van der Waals surface area contributed by atoms with Crippen LogP contribution in [-0.2, 0) is 14.3 Å². The lowest BCUT2D eigenvalue weighted by Gasteiger charge is -2.31. The molecule has 2 N–H and O–H groups in total. The number of ether oxygens (including phenoxy) is 1. The van der Waals surface area contributed by atoms with E-state index in [1.807, 2.05) is 32.9 Å². The van der Waals surface area contributed by atoms with Crippen LogP contribution in [0.4, 0.5) is 5.69 Å². The van der Waals surface area contributed by atoms with Crippen LogP contribution in [0, 0.1) is 20.8 Å². The summed E-state index contributed by atoms with van der Waals surface area (Å²) in [7, 11) is 1.38. The molecule has 0 saturated carbocycles. The van der Waals surface area contributed by atoms with Crippen molar-refractivity contribution in [1.29, 1.82) is 0 Å². The highest BCUT2D eigenvalue weighted by molar-refractivity contribution is 6.01. The van der Waals surface area contributed by atoms with Crippen LogP contribution in [0.1, 0.15) is 23.1 Å². The molecule has 0 radical (unpaired) electrons. The number of methoxy groups -OCH3 is 1. The van der Waals surface area contributed by atoms with Crippen molar-refractivity contribution in [2.75, 3.05) is 25.2 Å². The van der Waals surface area contributed by atoms with Gasteiger partial charge < -0.3 is 14.9 Å². The highest BCUT2D eigenvalue weighted by Gasteiger charge is 2.32. The number of carboxylic acid groups (broad SMARTS) is 1. The average molecular weight is 309 g/mol. The van der Waals surface area contributed by atoms with Crippen LogP contribution in [0.15, 0.2) is 12.1 Å². The first-order chi connectivity index (χ1) is 10.3. The highest BCUT2D eigenvalue weighted by atomic mass is 16.5. The van der Waals surface area contributed by atoms with Gasteiger partial charge in [0.15, 0.2) is 0 Å². The number of carboxylic acids is 1. The van der Waals surface area contributed by atoms with Crippen molar-refractivity contribution in [2.24, 2.45) is 0 Å². The minimum Gasteiger partial charge on any atom is -0.480 e. The molecular formula is C16H23NO5. The van der Waals surface area contributed by atoms with E-state index < -0.39 is 17.9 Å². The summed E-state index contributed by atoms with van der Waals surface area (Å²) >= 11 is 0. The van der Waals surface area contributed by atoms with Crippen LogP contribution in [0.5, 0.6) is 0 Å². The molecule has 1 amide bonds. The van der Waals surface area contributed by atoms with E-state index in [2.05, 4.69) is 0 Å². The Balaban J connectivity index is 3.47. The number of hydrogen-bond donors (Lipinski definition) is 2. The van der Waals surface area contributed by atoms with Gasteiger partial charge >= 0.3 is 5.97 Å². The summed E-state index contributed by atoms with van der Waals surface area (Å²) in [6.45, 7) is 5.04. The Labute approximate surface area is 130 Å². The molecule has 6 heteroatoms. The fourth-order valence-electron chi connectivity index (χ4n) is 2.44. The molecule has 122 valence electrons. The summed E-state index contributed by atoms with van der Waals surface area (Å²) in [5, 5.41) is 18.6. The number of aliphatic carboxylic acids is 1. The summed E-state index contributed by atoms with van der Waals surface area (Å²) in [6.07, 6.45) is -0.0440. The lowest BCUT2D eigenvalue weighted by Crippen LogP contribution is -2.48. The molecule has 0 unspecified atom stereocenters. The first-order valence-electron chi connectivity index (χ1n) is 7.06. The Morgan fingerprint density at radius 1 is 1.23 bits per heavy atom. The molecule has 1 aromatic rings. The van der Waals surface area contributed by atoms with Gasteiger partial charge in [-0.1, -0.05) is 12.1 Å². The van der Waals surface area contributed by atoms with Crippen molar-refractivity contribution in [3.05, 3.63) is 28.8 Å². The topological polar surface area (TPSA) is 87.1 Å². The lowest BCUT2D eigenvalue weighted by molar-refractivity contribution is -0.141. The molecule has 1 atom stereocenters. The van der Waals surface area contributed by atoms with Crippen LogP contribution in [-0.4, -0.2) is 48.5 Å². The van der Waals surface area contributed by atoms with E-state index in [1.165, 1.54) is 12.0 Å². The Kier molecular flexibility index (Phi) is 6.52. The molecule has 0 spiro atoms. The number of hydrogen-bond acceptors (Lipinski definition) is 4. The maximum atomic E-state index is 12.4. The zero-order chi connectivity index (χ0) is 16.9. The second-order valence-corrected chi connectivity index (χ2v) is 5.24. The minimum absolute atomic E-state index is 0.0440. The fourth-order valence-corrected chi connectivity index (χ4v) is 2.44. The number of aliphatic hydroxyl groups is 1. The number of nitrogens with zero attached hydrogens (tertiary/aromatic N) is 1. The number of aryl methyl sites for hydroxylation is 2. The summed E-state index contributed by atoms with van der Waals surface area (Å²) < 4.78 is 4.88. The van der Waals surface area contributed by atoms with Gasteiger partial charge in [-0.05, 0) is 37.5 Å². The monoisotopic (exact) mass is 309 g/mol. The summed E-state index contributed by atoms with van der Waals surface area (Å²) in [5.41, 5.74) is 3.18. The first-order valence-corrected chi connectivity index (χ1v) is 7.06. The van der Waals surface area contributed by atoms with Crippen molar-refractivity contribution < 1.29 is 24.5 Å². The number of benzene rings is 1. The molecule has 22 heavy (non-hydrogen) atoms. The van der Waals surface area contributed by atoms with Crippen LogP contribution >= 0.6 is 0 Å². The first kappa shape index (κ1) is 18.1. The largest absolute Gasteiger partial charge is 0.480 e. The Hall–Kier alpha value is -1.92. The van der Waals surface area contributed by atoms with Crippen LogP contribution < -0.4 is 4.90 Å². The molecule has 0 fully saturated rings. The third kappa shape index (κ3) is 3.84. The van der Waals surface area contributed by atoms with E-state index in [4.69, 9.17) is 9.84 Å². The predicted molar refractivity (Wildman–Crippen MR) is 83.1 cm³/mol. The van der Waals surface area contributed by atoms with Gasteiger partial charge in [0.25, 0.3) is 5.91 Å². The molecule has 0 saturated heterocycles. The third-order valence-corrected chi connectivity index (χ3v) is 3.68. The van der Waals surface area contributed by atoms with Crippen molar-refractivity contribution in [1.82, 2.24) is 0 Å². The van der Waals surface area contributed by atoms with Gasteiger partial charge in [0.2, 0.25) is 0 Å². The molecule has 0 aliphatic heterocycles. The SMILES string of the molecule is COCC(=O)N(c1c(C)ccc(C)c1C)[C@@H](CCO)C(=O)O. The van der Waals surface area contributed by atoms with Crippen molar-refractivity contribution in [3.63, 3.8) is 0 Å². The summed E-state index contributed by atoms with van der Waals surface area (Å²) in [4.78, 5) is 25.2. The average Bonchev–Trinajstić information content (AvgIpc) is 2.46. The fraction of sp³-hybridized carbons (Fsp3) is 0.500. The Morgan fingerprint density at radius 2 is 1.82 bits per heavy atom. The van der Waals surface area contributed by atoms with Crippen molar-refractivity contribution >= 4 is 17.6 Å². The predicted octanol–water partition coefficient (Wildman–Crippen LogP) is 1.43. The summed E-state index contributed by atoms with van der Waals surface area (Å²) in [6, 6.07) is 2.64. The van der Waals surface area contributed by atoms with Crippen LogP contribution in [0.3, 0.4) is 0 Å². The second kappa shape index (κ2) is 7.91. The Bertz CT molecular complexity index is 556. The Morgan fingerprint density at radius 3 is 2.32 bits per heavy atom. The molecular weight excluding hydrogens is 286 g/mol. The van der Waals surface area contributed by atoms with Gasteiger partial charge in [0.05, 0.1) is 5.69 Å². The molecule has 0 aromatic heterocycles. The number of anilines is 1. The number of carbonyl (C=O) groups is 2. The molecule has 1 aromatic carbocycles. The van der Waals surface area contributed by atoms with E-state index in [0.717, 1.165) is 16.7 Å². The van der Waals surface area contributed by atoms with Crippen molar-refractivity contribution in [3.8, 4) is 0 Å².